The lowest BCUT2D eigenvalue weighted by Crippen LogP contribution is -2.28. The molecule has 11 heteroatoms. The molecule has 0 bridgehead atoms. The number of nitriles is 1. The first-order valence-electron chi connectivity index (χ1n) is 8.95. The zero-order chi connectivity index (χ0) is 21.5. The molecule has 0 unspecified atom stereocenters. The van der Waals surface area contributed by atoms with E-state index in [1.807, 2.05) is 6.07 Å². The van der Waals surface area contributed by atoms with E-state index in [9.17, 15) is 18.5 Å². The summed E-state index contributed by atoms with van der Waals surface area (Å²) in [6.07, 6.45) is 1.53. The highest BCUT2D eigenvalue weighted by Crippen LogP contribution is 2.37. The second kappa shape index (κ2) is 7.96. The Labute approximate surface area is 182 Å². The van der Waals surface area contributed by atoms with Crippen LogP contribution in [0.25, 0.3) is 0 Å². The van der Waals surface area contributed by atoms with Crippen LogP contribution in [0.15, 0.2) is 29.2 Å². The molecule has 0 radical (unpaired) electrons. The van der Waals surface area contributed by atoms with E-state index in [1.165, 1.54) is 22.5 Å². The summed E-state index contributed by atoms with van der Waals surface area (Å²) in [4.78, 5) is 12.7. The SMILES string of the molecule is N#Cc1cc2c(cc1NC(=O)c1cc(S(=O)(=O)N3CCCC3)c(Cl)cc1Cl)OCO2. The number of halogens is 2. The fourth-order valence-electron chi connectivity index (χ4n) is 3.30. The molecule has 0 spiro atoms. The number of rotatable bonds is 4. The van der Waals surface area contributed by atoms with Crippen molar-refractivity contribution >= 4 is 44.8 Å². The summed E-state index contributed by atoms with van der Waals surface area (Å²) >= 11 is 12.3. The van der Waals surface area contributed by atoms with Gasteiger partial charge in [-0.25, -0.2) is 8.42 Å². The van der Waals surface area contributed by atoms with Crippen LogP contribution in [-0.4, -0.2) is 38.5 Å². The lowest BCUT2D eigenvalue weighted by Gasteiger charge is -2.18. The molecule has 2 aromatic rings. The van der Waals surface area contributed by atoms with Crippen molar-refractivity contribution in [2.24, 2.45) is 0 Å². The van der Waals surface area contributed by atoms with E-state index in [1.54, 1.807) is 0 Å². The van der Waals surface area contributed by atoms with Crippen molar-refractivity contribution < 1.29 is 22.7 Å². The standard InChI is InChI=1S/C19H15Cl2N3O5S/c20-13-7-14(21)18(30(26,27)24-3-1-2-4-24)6-12(13)19(25)23-15-8-17-16(28-10-29-17)5-11(15)9-22/h5-8H,1-4,10H2,(H,23,25). The number of anilines is 1. The first-order valence-corrected chi connectivity index (χ1v) is 11.1. The fourth-order valence-corrected chi connectivity index (χ4v) is 5.65. The van der Waals surface area contributed by atoms with E-state index in [0.717, 1.165) is 18.9 Å². The summed E-state index contributed by atoms with van der Waals surface area (Å²) in [5.41, 5.74) is 0.254. The topological polar surface area (TPSA) is 109 Å². The van der Waals surface area contributed by atoms with Crippen LogP contribution in [0, 0.1) is 11.3 Å². The molecular formula is C19H15Cl2N3O5S. The Bertz CT molecular complexity index is 1190. The van der Waals surface area contributed by atoms with Gasteiger partial charge >= 0.3 is 0 Å². The van der Waals surface area contributed by atoms with Gasteiger partial charge in [0, 0.05) is 25.2 Å². The Balaban J connectivity index is 1.69. The Morgan fingerprint density at radius 3 is 2.40 bits per heavy atom. The van der Waals surface area contributed by atoms with Crippen LogP contribution in [0.1, 0.15) is 28.8 Å². The number of ether oxygens (including phenoxy) is 2. The van der Waals surface area contributed by atoms with Crippen LogP contribution in [-0.2, 0) is 10.0 Å². The number of nitrogens with one attached hydrogen (secondary N) is 1. The number of carbonyl (C=O) groups excluding carboxylic acids is 1. The Kier molecular flexibility index (Phi) is 5.51. The lowest BCUT2D eigenvalue weighted by atomic mass is 10.1. The largest absolute Gasteiger partial charge is 0.454 e. The van der Waals surface area contributed by atoms with E-state index >= 15 is 0 Å². The van der Waals surface area contributed by atoms with Gasteiger partial charge in [0.2, 0.25) is 16.8 Å². The molecule has 2 heterocycles. The molecule has 0 aliphatic carbocycles. The van der Waals surface area contributed by atoms with Crippen molar-refractivity contribution in [3.8, 4) is 17.6 Å². The van der Waals surface area contributed by atoms with Crippen LogP contribution >= 0.6 is 23.2 Å². The highest BCUT2D eigenvalue weighted by Gasteiger charge is 2.31. The number of nitrogens with zero attached hydrogens (tertiary/aromatic N) is 2. The monoisotopic (exact) mass is 467 g/mol. The molecule has 0 atom stereocenters. The van der Waals surface area contributed by atoms with Gasteiger partial charge in [0.1, 0.15) is 11.0 Å². The number of hydrogen-bond donors (Lipinski definition) is 1. The average molecular weight is 468 g/mol. The van der Waals surface area contributed by atoms with E-state index in [0.29, 0.717) is 24.6 Å². The minimum Gasteiger partial charge on any atom is -0.454 e. The first-order chi connectivity index (χ1) is 14.3. The number of carbonyl (C=O) groups is 1. The summed E-state index contributed by atoms with van der Waals surface area (Å²) in [5.74, 6) is 0.0850. The minimum atomic E-state index is -3.86. The molecule has 30 heavy (non-hydrogen) atoms. The second-order valence-electron chi connectivity index (χ2n) is 6.69. The lowest BCUT2D eigenvalue weighted by molar-refractivity contribution is 0.102. The third kappa shape index (κ3) is 3.68. The van der Waals surface area contributed by atoms with Crippen LogP contribution < -0.4 is 14.8 Å². The van der Waals surface area contributed by atoms with Gasteiger partial charge in [0.15, 0.2) is 11.5 Å². The summed E-state index contributed by atoms with van der Waals surface area (Å²) in [5, 5.41) is 11.9. The average Bonchev–Trinajstić information content (AvgIpc) is 3.39. The zero-order valence-electron chi connectivity index (χ0n) is 15.4. The van der Waals surface area contributed by atoms with Crippen molar-refractivity contribution in [2.45, 2.75) is 17.7 Å². The smallest absolute Gasteiger partial charge is 0.257 e. The van der Waals surface area contributed by atoms with Crippen LogP contribution in [0.5, 0.6) is 11.5 Å². The summed E-state index contributed by atoms with van der Waals surface area (Å²) in [6.45, 7) is 0.801. The number of sulfonamides is 1. The van der Waals surface area contributed by atoms with Gasteiger partial charge in [0.25, 0.3) is 5.91 Å². The highest BCUT2D eigenvalue weighted by molar-refractivity contribution is 7.89. The molecule has 1 saturated heterocycles. The highest BCUT2D eigenvalue weighted by atomic mass is 35.5. The van der Waals surface area contributed by atoms with Crippen LogP contribution in [0.2, 0.25) is 10.0 Å². The molecular weight excluding hydrogens is 453 g/mol. The molecule has 1 N–H and O–H groups in total. The first kappa shape index (κ1) is 20.8. The van der Waals surface area contributed by atoms with Gasteiger partial charge in [-0.1, -0.05) is 23.2 Å². The Morgan fingerprint density at radius 2 is 1.73 bits per heavy atom. The third-order valence-electron chi connectivity index (χ3n) is 4.83. The van der Waals surface area contributed by atoms with Crippen LogP contribution in [0.3, 0.4) is 0 Å². The molecule has 1 fully saturated rings. The van der Waals surface area contributed by atoms with Gasteiger partial charge in [-0.05, 0) is 25.0 Å². The number of hydrogen-bond acceptors (Lipinski definition) is 6. The third-order valence-corrected chi connectivity index (χ3v) is 7.51. The summed E-state index contributed by atoms with van der Waals surface area (Å²) in [7, 11) is -3.86. The van der Waals surface area contributed by atoms with Crippen molar-refractivity contribution in [2.75, 3.05) is 25.2 Å². The van der Waals surface area contributed by atoms with Crippen molar-refractivity contribution in [3.63, 3.8) is 0 Å². The Hall–Kier alpha value is -2.51. The number of amides is 1. The number of benzene rings is 2. The predicted octanol–water partition coefficient (Wildman–Crippen LogP) is 3.63. The van der Waals surface area contributed by atoms with Crippen molar-refractivity contribution in [3.05, 3.63) is 45.4 Å². The maximum absolute atomic E-state index is 12.9. The quantitative estimate of drug-likeness (QED) is 0.734. The van der Waals surface area contributed by atoms with E-state index in [2.05, 4.69) is 5.32 Å². The molecule has 2 aliphatic rings. The van der Waals surface area contributed by atoms with Gasteiger partial charge < -0.3 is 14.8 Å². The van der Waals surface area contributed by atoms with E-state index in [4.69, 9.17) is 32.7 Å². The number of fused-ring (bicyclic) bond motifs is 1. The van der Waals surface area contributed by atoms with Gasteiger partial charge in [0.05, 0.1) is 26.9 Å². The molecule has 2 aliphatic heterocycles. The molecule has 0 saturated carbocycles. The normalized spacial score (nSPS) is 15.8. The summed E-state index contributed by atoms with van der Waals surface area (Å²) in [6, 6.07) is 7.27. The van der Waals surface area contributed by atoms with Crippen molar-refractivity contribution in [1.82, 2.24) is 4.31 Å². The minimum absolute atomic E-state index is 0.0122. The molecule has 2 aromatic carbocycles. The zero-order valence-corrected chi connectivity index (χ0v) is 17.8. The molecule has 4 rings (SSSR count). The molecule has 0 aromatic heterocycles. The summed E-state index contributed by atoms with van der Waals surface area (Å²) < 4.78 is 37.7. The van der Waals surface area contributed by atoms with Gasteiger partial charge in [-0.15, -0.1) is 0 Å². The van der Waals surface area contributed by atoms with E-state index in [-0.39, 0.29) is 38.5 Å². The maximum Gasteiger partial charge on any atom is 0.257 e. The maximum atomic E-state index is 12.9. The molecule has 8 nitrogen and oxygen atoms in total. The Morgan fingerprint density at radius 1 is 1.07 bits per heavy atom. The second-order valence-corrected chi connectivity index (χ2v) is 9.41. The van der Waals surface area contributed by atoms with Crippen LogP contribution in [0.4, 0.5) is 5.69 Å². The van der Waals surface area contributed by atoms with E-state index < -0.39 is 15.9 Å². The molecule has 156 valence electrons. The fraction of sp³-hybridized carbons (Fsp3) is 0.263. The van der Waals surface area contributed by atoms with Gasteiger partial charge in [-0.3, -0.25) is 4.79 Å². The van der Waals surface area contributed by atoms with Gasteiger partial charge in [-0.2, -0.15) is 9.57 Å². The van der Waals surface area contributed by atoms with Crippen molar-refractivity contribution in [1.29, 1.82) is 5.26 Å². The predicted molar refractivity (Wildman–Crippen MR) is 110 cm³/mol. The molecule has 1 amide bonds.